The van der Waals surface area contributed by atoms with Crippen LogP contribution in [0.4, 0.5) is 10.5 Å². The molecule has 0 radical (unpaired) electrons. The van der Waals surface area contributed by atoms with Gasteiger partial charge in [-0.15, -0.1) is 0 Å². The van der Waals surface area contributed by atoms with E-state index in [2.05, 4.69) is 19.4 Å². The van der Waals surface area contributed by atoms with E-state index in [1.807, 2.05) is 31.2 Å². The molecule has 1 aromatic rings. The van der Waals surface area contributed by atoms with Gasteiger partial charge in [0.2, 0.25) is 0 Å². The zero-order chi connectivity index (χ0) is 16.7. The van der Waals surface area contributed by atoms with Gasteiger partial charge in [0.15, 0.2) is 0 Å². The summed E-state index contributed by atoms with van der Waals surface area (Å²) in [6.45, 7) is 3.52. The Morgan fingerprint density at radius 1 is 1.26 bits per heavy atom. The SMILES string of the molecule is CCOc1ccccc1NC(=O)O[C@H]1CCCC[C@@H]1C[NH+](C)C. The molecule has 0 spiro atoms. The van der Waals surface area contributed by atoms with Crippen LogP contribution in [0.25, 0.3) is 0 Å². The number of carbonyl (C=O) groups is 1. The summed E-state index contributed by atoms with van der Waals surface area (Å²) in [4.78, 5) is 13.7. The lowest BCUT2D eigenvalue weighted by molar-refractivity contribution is -0.862. The summed E-state index contributed by atoms with van der Waals surface area (Å²) < 4.78 is 11.3. The Morgan fingerprint density at radius 2 is 2.00 bits per heavy atom. The molecule has 1 aromatic carbocycles. The van der Waals surface area contributed by atoms with Crippen LogP contribution >= 0.6 is 0 Å². The number of carbonyl (C=O) groups excluding carboxylic acids is 1. The Hall–Kier alpha value is -1.75. The number of anilines is 1. The molecule has 1 saturated carbocycles. The molecule has 2 rings (SSSR count). The molecular weight excluding hydrogens is 292 g/mol. The lowest BCUT2D eigenvalue weighted by atomic mass is 9.86. The number of nitrogens with one attached hydrogen (secondary N) is 2. The summed E-state index contributed by atoms with van der Waals surface area (Å²) in [6, 6.07) is 7.43. The summed E-state index contributed by atoms with van der Waals surface area (Å²) in [5.41, 5.74) is 0.657. The molecule has 128 valence electrons. The maximum absolute atomic E-state index is 12.3. The van der Waals surface area contributed by atoms with E-state index in [0.717, 1.165) is 25.8 Å². The third kappa shape index (κ3) is 5.43. The fourth-order valence-electron chi connectivity index (χ4n) is 3.21. The fourth-order valence-corrected chi connectivity index (χ4v) is 3.21. The van der Waals surface area contributed by atoms with Crippen molar-refractivity contribution in [3.63, 3.8) is 0 Å². The lowest BCUT2D eigenvalue weighted by Gasteiger charge is -2.31. The van der Waals surface area contributed by atoms with E-state index >= 15 is 0 Å². The molecule has 5 heteroatoms. The van der Waals surface area contributed by atoms with Gasteiger partial charge >= 0.3 is 6.09 Å². The van der Waals surface area contributed by atoms with Crippen molar-refractivity contribution < 1.29 is 19.2 Å². The Labute approximate surface area is 139 Å². The quantitative estimate of drug-likeness (QED) is 0.845. The van der Waals surface area contributed by atoms with Gasteiger partial charge in [-0.05, 0) is 38.3 Å². The highest BCUT2D eigenvalue weighted by molar-refractivity contribution is 5.86. The van der Waals surface area contributed by atoms with Gasteiger partial charge in [-0.2, -0.15) is 0 Å². The number of hydrogen-bond donors (Lipinski definition) is 2. The number of hydrogen-bond acceptors (Lipinski definition) is 3. The summed E-state index contributed by atoms with van der Waals surface area (Å²) in [7, 11) is 4.29. The van der Waals surface area contributed by atoms with Crippen LogP contribution < -0.4 is 15.0 Å². The first-order valence-corrected chi connectivity index (χ1v) is 8.58. The first kappa shape index (κ1) is 17.6. The van der Waals surface area contributed by atoms with Crippen molar-refractivity contribution in [2.75, 3.05) is 32.6 Å². The smallest absolute Gasteiger partial charge is 0.412 e. The predicted octanol–water partition coefficient (Wildman–Crippen LogP) is 2.34. The normalized spacial score (nSPS) is 21.0. The van der Waals surface area contributed by atoms with Crippen molar-refractivity contribution in [1.82, 2.24) is 0 Å². The summed E-state index contributed by atoms with van der Waals surface area (Å²) >= 11 is 0. The highest BCUT2D eigenvalue weighted by Crippen LogP contribution is 2.28. The molecule has 23 heavy (non-hydrogen) atoms. The molecule has 2 N–H and O–H groups in total. The van der Waals surface area contributed by atoms with Gasteiger partial charge in [-0.3, -0.25) is 5.32 Å². The van der Waals surface area contributed by atoms with Crippen LogP contribution in [0.5, 0.6) is 5.75 Å². The van der Waals surface area contributed by atoms with E-state index in [-0.39, 0.29) is 12.2 Å². The molecule has 0 heterocycles. The number of ether oxygens (including phenoxy) is 2. The van der Waals surface area contributed by atoms with Gasteiger partial charge in [0.25, 0.3) is 0 Å². The third-order valence-electron chi connectivity index (χ3n) is 4.19. The number of para-hydroxylation sites is 2. The average molecular weight is 321 g/mol. The van der Waals surface area contributed by atoms with E-state index < -0.39 is 0 Å². The minimum absolute atomic E-state index is 0.0119. The van der Waals surface area contributed by atoms with E-state index in [9.17, 15) is 4.79 Å². The highest BCUT2D eigenvalue weighted by Gasteiger charge is 2.30. The van der Waals surface area contributed by atoms with E-state index in [1.165, 1.54) is 11.3 Å². The van der Waals surface area contributed by atoms with Crippen molar-refractivity contribution in [1.29, 1.82) is 0 Å². The van der Waals surface area contributed by atoms with Crippen molar-refractivity contribution in [3.8, 4) is 5.75 Å². The topological polar surface area (TPSA) is 52.0 Å². The second kappa shape index (κ2) is 8.77. The summed E-state index contributed by atoms with van der Waals surface area (Å²) in [6.07, 6.45) is 4.08. The molecule has 1 aliphatic carbocycles. The van der Waals surface area contributed by atoms with E-state index in [1.54, 1.807) is 0 Å². The number of quaternary nitrogens is 1. The monoisotopic (exact) mass is 321 g/mol. The van der Waals surface area contributed by atoms with Crippen molar-refractivity contribution in [2.24, 2.45) is 5.92 Å². The molecule has 0 unspecified atom stereocenters. The Morgan fingerprint density at radius 3 is 2.74 bits per heavy atom. The third-order valence-corrected chi connectivity index (χ3v) is 4.19. The van der Waals surface area contributed by atoms with Crippen LogP contribution in [0.1, 0.15) is 32.6 Å². The first-order valence-electron chi connectivity index (χ1n) is 8.58. The maximum atomic E-state index is 12.3. The molecule has 1 amide bonds. The lowest BCUT2D eigenvalue weighted by Crippen LogP contribution is -3.06. The second-order valence-corrected chi connectivity index (χ2v) is 6.45. The molecule has 0 aromatic heterocycles. The van der Waals surface area contributed by atoms with Crippen molar-refractivity contribution >= 4 is 11.8 Å². The van der Waals surface area contributed by atoms with Gasteiger partial charge in [0.1, 0.15) is 11.9 Å². The second-order valence-electron chi connectivity index (χ2n) is 6.45. The molecular formula is C18H29N2O3+. The van der Waals surface area contributed by atoms with Gasteiger partial charge in [0, 0.05) is 5.92 Å². The Kier molecular flexibility index (Phi) is 6.71. The predicted molar refractivity (Wildman–Crippen MR) is 91.1 cm³/mol. The van der Waals surface area contributed by atoms with E-state index in [4.69, 9.17) is 9.47 Å². The number of benzene rings is 1. The van der Waals surface area contributed by atoms with Gasteiger partial charge in [-0.25, -0.2) is 4.79 Å². The van der Waals surface area contributed by atoms with Crippen LogP contribution in [0, 0.1) is 5.92 Å². The Bertz CT molecular complexity index is 505. The van der Waals surface area contributed by atoms with Crippen molar-refractivity contribution in [2.45, 2.75) is 38.7 Å². The zero-order valence-electron chi connectivity index (χ0n) is 14.4. The van der Waals surface area contributed by atoms with Crippen LogP contribution in [0.2, 0.25) is 0 Å². The minimum atomic E-state index is -0.386. The fraction of sp³-hybridized carbons (Fsp3) is 0.611. The van der Waals surface area contributed by atoms with E-state index in [0.29, 0.717) is 24.0 Å². The standard InChI is InChI=1S/C18H28N2O3/c1-4-22-17-12-8-6-10-15(17)19-18(21)23-16-11-7-5-9-14(16)13-20(2)3/h6,8,10,12,14,16H,4-5,7,9,11,13H2,1-3H3,(H,19,21)/p+1/t14-,16+/m1/s1. The maximum Gasteiger partial charge on any atom is 0.412 e. The average Bonchev–Trinajstić information content (AvgIpc) is 2.51. The number of rotatable bonds is 6. The molecule has 2 atom stereocenters. The molecule has 1 fully saturated rings. The minimum Gasteiger partial charge on any atom is -0.492 e. The van der Waals surface area contributed by atoms with Crippen LogP contribution in [-0.4, -0.2) is 39.4 Å². The number of amides is 1. The highest BCUT2D eigenvalue weighted by atomic mass is 16.6. The molecule has 1 aliphatic rings. The van der Waals surface area contributed by atoms with Crippen molar-refractivity contribution in [3.05, 3.63) is 24.3 Å². The Balaban J connectivity index is 1.95. The summed E-state index contributed by atoms with van der Waals surface area (Å²) in [5.74, 6) is 1.12. The van der Waals surface area contributed by atoms with Crippen LogP contribution in [-0.2, 0) is 4.74 Å². The largest absolute Gasteiger partial charge is 0.492 e. The molecule has 0 aliphatic heterocycles. The van der Waals surface area contributed by atoms with Crippen LogP contribution in [0.3, 0.4) is 0 Å². The van der Waals surface area contributed by atoms with Gasteiger partial charge in [0.05, 0.1) is 32.9 Å². The molecule has 0 saturated heterocycles. The van der Waals surface area contributed by atoms with Crippen LogP contribution in [0.15, 0.2) is 24.3 Å². The van der Waals surface area contributed by atoms with Gasteiger partial charge in [-0.1, -0.05) is 18.6 Å². The molecule has 5 nitrogen and oxygen atoms in total. The van der Waals surface area contributed by atoms with Gasteiger partial charge < -0.3 is 14.4 Å². The molecule has 0 bridgehead atoms. The first-order chi connectivity index (χ1) is 11.1. The zero-order valence-corrected chi connectivity index (χ0v) is 14.4. The summed E-state index contributed by atoms with van der Waals surface area (Å²) in [5, 5.41) is 2.82.